The molecular formula is C10H5BrF3N3O. The van der Waals surface area contributed by atoms with Crippen LogP contribution in [0.2, 0.25) is 0 Å². The lowest BCUT2D eigenvalue weighted by molar-refractivity contribution is 0.449. The molecule has 1 aromatic carbocycles. The largest absolute Gasteiger partial charge is 0.337 e. The molecular weight excluding hydrogens is 315 g/mol. The predicted octanol–water partition coefficient (Wildman–Crippen LogP) is 2.69. The molecule has 0 atom stereocenters. The van der Waals surface area contributed by atoms with Gasteiger partial charge in [0, 0.05) is 0 Å². The zero-order chi connectivity index (χ0) is 13.3. The van der Waals surface area contributed by atoms with Crippen molar-refractivity contribution < 1.29 is 13.2 Å². The lowest BCUT2D eigenvalue weighted by Crippen LogP contribution is -2.10. The van der Waals surface area contributed by atoms with E-state index in [0.29, 0.717) is 0 Å². The molecule has 0 bridgehead atoms. The molecule has 0 amide bonds. The van der Waals surface area contributed by atoms with E-state index < -0.39 is 23.0 Å². The zero-order valence-corrected chi connectivity index (χ0v) is 10.2. The molecule has 8 heteroatoms. The van der Waals surface area contributed by atoms with E-state index in [1.54, 1.807) is 0 Å². The summed E-state index contributed by atoms with van der Waals surface area (Å²) in [5.74, 6) is -4.29. The molecule has 94 valence electrons. The predicted molar refractivity (Wildman–Crippen MR) is 62.2 cm³/mol. The highest BCUT2D eigenvalue weighted by Crippen LogP contribution is 2.24. The van der Waals surface area contributed by atoms with Crippen LogP contribution in [0.3, 0.4) is 0 Å². The molecule has 1 aromatic heterocycles. The van der Waals surface area contributed by atoms with E-state index in [1.807, 2.05) is 0 Å². The van der Waals surface area contributed by atoms with Crippen molar-refractivity contribution in [2.24, 2.45) is 0 Å². The molecule has 0 fully saturated rings. The number of H-pyrrole nitrogens is 1. The topological polar surface area (TPSA) is 57.8 Å². The molecule has 18 heavy (non-hydrogen) atoms. The Kier molecular flexibility index (Phi) is 3.37. The van der Waals surface area contributed by atoms with Gasteiger partial charge in [0.2, 0.25) is 0 Å². The van der Waals surface area contributed by atoms with Crippen molar-refractivity contribution in [1.29, 1.82) is 0 Å². The van der Waals surface area contributed by atoms with Crippen molar-refractivity contribution in [3.05, 3.63) is 50.7 Å². The second-order valence-corrected chi connectivity index (χ2v) is 4.04. The number of hydrogen-bond acceptors (Lipinski definition) is 3. The smallest absolute Gasteiger partial charge is 0.267 e. The van der Waals surface area contributed by atoms with Crippen LogP contribution in [0, 0.1) is 17.5 Å². The third kappa shape index (κ3) is 2.23. The van der Waals surface area contributed by atoms with Gasteiger partial charge < -0.3 is 10.3 Å². The number of nitrogens with zero attached hydrogens (tertiary/aromatic N) is 1. The summed E-state index contributed by atoms with van der Waals surface area (Å²) >= 11 is 2.94. The fourth-order valence-corrected chi connectivity index (χ4v) is 1.54. The number of rotatable bonds is 2. The quantitative estimate of drug-likeness (QED) is 0.837. The molecule has 0 saturated carbocycles. The fourth-order valence-electron chi connectivity index (χ4n) is 1.22. The normalized spacial score (nSPS) is 10.4. The standard InChI is InChI=1S/C10H5BrF3N3O/c11-6-9(15-3-16-10(6)18)17-5-2-1-4(12)7(13)8(5)14/h1-3H,(H2,15,16,17,18). The lowest BCUT2D eigenvalue weighted by atomic mass is 10.3. The number of hydrogen-bond donors (Lipinski definition) is 2. The zero-order valence-electron chi connectivity index (χ0n) is 8.60. The maximum Gasteiger partial charge on any atom is 0.267 e. The summed E-state index contributed by atoms with van der Waals surface area (Å²) in [6.07, 6.45) is 1.09. The van der Waals surface area contributed by atoms with E-state index in [9.17, 15) is 18.0 Å². The maximum atomic E-state index is 13.4. The molecule has 0 aliphatic carbocycles. The van der Waals surface area contributed by atoms with Gasteiger partial charge in [-0.05, 0) is 28.1 Å². The first-order valence-electron chi connectivity index (χ1n) is 4.64. The van der Waals surface area contributed by atoms with Gasteiger partial charge in [0.15, 0.2) is 23.3 Å². The number of benzene rings is 1. The van der Waals surface area contributed by atoms with Crippen molar-refractivity contribution in [1.82, 2.24) is 9.97 Å². The second-order valence-electron chi connectivity index (χ2n) is 3.24. The molecule has 0 radical (unpaired) electrons. The molecule has 2 rings (SSSR count). The monoisotopic (exact) mass is 319 g/mol. The van der Waals surface area contributed by atoms with Crippen LogP contribution in [0.5, 0.6) is 0 Å². The minimum atomic E-state index is -1.60. The Labute approximate surface area is 107 Å². The van der Waals surface area contributed by atoms with Crippen LogP contribution in [0.4, 0.5) is 24.7 Å². The van der Waals surface area contributed by atoms with Gasteiger partial charge >= 0.3 is 0 Å². The SMILES string of the molecule is O=c1[nH]cnc(Nc2ccc(F)c(F)c2F)c1Br. The summed E-state index contributed by atoms with van der Waals surface area (Å²) in [7, 11) is 0. The molecule has 1 heterocycles. The molecule has 2 N–H and O–H groups in total. The van der Waals surface area contributed by atoms with Gasteiger partial charge in [-0.1, -0.05) is 0 Å². The summed E-state index contributed by atoms with van der Waals surface area (Å²) in [6.45, 7) is 0. The minimum absolute atomic E-state index is 0.0105. The van der Waals surface area contributed by atoms with Crippen LogP contribution < -0.4 is 10.9 Å². The van der Waals surface area contributed by atoms with Crippen LogP contribution in [-0.4, -0.2) is 9.97 Å². The second kappa shape index (κ2) is 4.81. The first-order chi connectivity index (χ1) is 8.50. The van der Waals surface area contributed by atoms with E-state index in [-0.39, 0.29) is 16.0 Å². The molecule has 2 aromatic rings. The molecule has 0 saturated heterocycles. The Balaban J connectivity index is 2.44. The summed E-state index contributed by atoms with van der Waals surface area (Å²) in [4.78, 5) is 17.2. The Morgan fingerprint density at radius 1 is 1.22 bits per heavy atom. The van der Waals surface area contributed by atoms with Crippen LogP contribution in [0.15, 0.2) is 27.7 Å². The molecule has 0 spiro atoms. The summed E-state index contributed by atoms with van der Waals surface area (Å²) < 4.78 is 39.1. The van der Waals surface area contributed by atoms with Gasteiger partial charge in [0.25, 0.3) is 5.56 Å². The van der Waals surface area contributed by atoms with Crippen LogP contribution in [0.1, 0.15) is 0 Å². The summed E-state index contributed by atoms with van der Waals surface area (Å²) in [5.41, 5.74) is -0.816. The Bertz CT molecular complexity index is 659. The Hall–Kier alpha value is -1.83. The lowest BCUT2D eigenvalue weighted by Gasteiger charge is -2.08. The first kappa shape index (κ1) is 12.6. The summed E-state index contributed by atoms with van der Waals surface area (Å²) in [6, 6.07) is 1.77. The van der Waals surface area contributed by atoms with E-state index in [4.69, 9.17) is 0 Å². The third-order valence-corrected chi connectivity index (χ3v) is 2.82. The Morgan fingerprint density at radius 2 is 1.94 bits per heavy atom. The van der Waals surface area contributed by atoms with Crippen molar-refractivity contribution >= 4 is 27.4 Å². The molecule has 0 aliphatic rings. The first-order valence-corrected chi connectivity index (χ1v) is 5.43. The van der Waals surface area contributed by atoms with E-state index >= 15 is 0 Å². The fraction of sp³-hybridized carbons (Fsp3) is 0. The number of anilines is 2. The van der Waals surface area contributed by atoms with Gasteiger partial charge in [0.05, 0.1) is 12.0 Å². The van der Waals surface area contributed by atoms with Crippen LogP contribution in [0.25, 0.3) is 0 Å². The van der Waals surface area contributed by atoms with E-state index in [1.165, 1.54) is 0 Å². The third-order valence-electron chi connectivity index (χ3n) is 2.08. The van der Waals surface area contributed by atoms with Crippen LogP contribution >= 0.6 is 15.9 Å². The number of aromatic nitrogens is 2. The van der Waals surface area contributed by atoms with Crippen molar-refractivity contribution in [2.75, 3.05) is 5.32 Å². The van der Waals surface area contributed by atoms with Gasteiger partial charge in [-0.2, -0.15) is 0 Å². The van der Waals surface area contributed by atoms with Crippen molar-refractivity contribution in [2.45, 2.75) is 0 Å². The van der Waals surface area contributed by atoms with Crippen molar-refractivity contribution in [3.8, 4) is 0 Å². The molecule has 4 nitrogen and oxygen atoms in total. The average Bonchev–Trinajstić information content (AvgIpc) is 2.35. The maximum absolute atomic E-state index is 13.4. The van der Waals surface area contributed by atoms with Gasteiger partial charge in [-0.15, -0.1) is 0 Å². The van der Waals surface area contributed by atoms with Gasteiger partial charge in [0.1, 0.15) is 4.47 Å². The number of nitrogens with one attached hydrogen (secondary N) is 2. The van der Waals surface area contributed by atoms with E-state index in [2.05, 4.69) is 31.2 Å². The highest BCUT2D eigenvalue weighted by molar-refractivity contribution is 9.10. The highest BCUT2D eigenvalue weighted by Gasteiger charge is 2.15. The van der Waals surface area contributed by atoms with E-state index in [0.717, 1.165) is 18.5 Å². The van der Waals surface area contributed by atoms with Crippen LogP contribution in [-0.2, 0) is 0 Å². The van der Waals surface area contributed by atoms with Crippen molar-refractivity contribution in [3.63, 3.8) is 0 Å². The molecule has 0 unspecified atom stereocenters. The number of aromatic amines is 1. The summed E-state index contributed by atoms with van der Waals surface area (Å²) in [5, 5.41) is 2.39. The minimum Gasteiger partial charge on any atom is -0.337 e. The van der Waals surface area contributed by atoms with Gasteiger partial charge in [-0.3, -0.25) is 4.79 Å². The highest BCUT2D eigenvalue weighted by atomic mass is 79.9. The van der Waals surface area contributed by atoms with Gasteiger partial charge in [-0.25, -0.2) is 18.2 Å². The average molecular weight is 320 g/mol. The number of halogens is 4. The molecule has 0 aliphatic heterocycles. The Morgan fingerprint density at radius 3 is 2.67 bits per heavy atom.